The molecule has 1 heterocycles. The number of para-hydroxylation sites is 1. The van der Waals surface area contributed by atoms with Crippen molar-refractivity contribution in [3.8, 4) is 17.6 Å². The second kappa shape index (κ2) is 12.0. The van der Waals surface area contributed by atoms with Gasteiger partial charge in [-0.3, -0.25) is 0 Å². The van der Waals surface area contributed by atoms with Crippen LogP contribution in [-0.4, -0.2) is 22.4 Å². The summed E-state index contributed by atoms with van der Waals surface area (Å²) in [6, 6.07) is 10.7. The Morgan fingerprint density at radius 1 is 0.900 bits per heavy atom. The van der Waals surface area contributed by atoms with Crippen LogP contribution >= 0.6 is 0 Å². The Balaban J connectivity index is 1.65. The van der Waals surface area contributed by atoms with Crippen molar-refractivity contribution in [2.45, 2.75) is 57.2 Å². The summed E-state index contributed by atoms with van der Waals surface area (Å²) in [7, 11) is 0. The molecule has 0 atom stereocenters. The van der Waals surface area contributed by atoms with Gasteiger partial charge in [0, 0.05) is 23.7 Å². The van der Waals surface area contributed by atoms with Crippen LogP contribution < -0.4 is 21.5 Å². The van der Waals surface area contributed by atoms with Gasteiger partial charge in [0.15, 0.2) is 0 Å². The van der Waals surface area contributed by atoms with Crippen LogP contribution in [0.1, 0.15) is 53.6 Å². The summed E-state index contributed by atoms with van der Waals surface area (Å²) in [6.07, 6.45) is -5.69. The van der Waals surface area contributed by atoms with Crippen LogP contribution in [0.5, 0.6) is 5.75 Å². The smallest absolute Gasteiger partial charge is 0.405 e. The molecule has 6 nitrogen and oxygen atoms in total. The zero-order valence-electron chi connectivity index (χ0n) is 21.2. The maximum Gasteiger partial charge on any atom is 0.573 e. The molecule has 5 N–H and O–H groups in total. The summed E-state index contributed by atoms with van der Waals surface area (Å²) >= 11 is 0. The van der Waals surface area contributed by atoms with Crippen molar-refractivity contribution >= 4 is 11.8 Å². The van der Waals surface area contributed by atoms with Gasteiger partial charge in [-0.1, -0.05) is 42.2 Å². The van der Waals surface area contributed by atoms with E-state index < -0.39 is 18.1 Å². The molecule has 0 bridgehead atoms. The largest absolute Gasteiger partial charge is 0.573 e. The van der Waals surface area contributed by atoms with Gasteiger partial charge in [-0.25, -0.2) is 4.98 Å². The molecule has 0 aliphatic heterocycles. The van der Waals surface area contributed by atoms with Gasteiger partial charge in [-0.15, -0.1) is 13.2 Å². The van der Waals surface area contributed by atoms with E-state index in [1.165, 1.54) is 36.4 Å². The normalized spacial score (nSPS) is 17.6. The van der Waals surface area contributed by atoms with Crippen LogP contribution in [0.2, 0.25) is 0 Å². The Morgan fingerprint density at radius 2 is 1.57 bits per heavy atom. The molecule has 4 rings (SSSR count). The minimum atomic E-state index is -4.86. The van der Waals surface area contributed by atoms with E-state index in [1.54, 1.807) is 6.07 Å². The highest BCUT2D eigenvalue weighted by Crippen LogP contribution is 2.32. The Morgan fingerprint density at radius 3 is 2.27 bits per heavy atom. The van der Waals surface area contributed by atoms with Gasteiger partial charge in [0.2, 0.25) is 5.95 Å². The maximum absolute atomic E-state index is 13.5. The fourth-order valence-corrected chi connectivity index (χ4v) is 4.57. The Bertz CT molecular complexity index is 1390. The fraction of sp³-hybridized carbons (Fsp3) is 0.357. The zero-order valence-corrected chi connectivity index (χ0v) is 21.2. The topological polar surface area (TPSA) is 99.1 Å². The summed E-state index contributed by atoms with van der Waals surface area (Å²) in [5, 5.41) is 2.88. The number of nitrogens with two attached hydrogens (primary N) is 2. The highest BCUT2D eigenvalue weighted by atomic mass is 19.4. The number of hydrogen-bond donors (Lipinski definition) is 3. The van der Waals surface area contributed by atoms with Crippen molar-refractivity contribution in [3.05, 3.63) is 76.5 Å². The molecule has 1 fully saturated rings. The number of nitrogens with zero attached hydrogens (tertiary/aromatic N) is 2. The number of nitrogen functional groups attached to an aromatic ring is 1. The molecule has 1 aromatic heterocycles. The third-order valence-corrected chi connectivity index (χ3v) is 6.58. The van der Waals surface area contributed by atoms with Gasteiger partial charge in [0.25, 0.3) is 0 Å². The van der Waals surface area contributed by atoms with E-state index in [1.807, 2.05) is 0 Å². The molecule has 0 amide bonds. The van der Waals surface area contributed by atoms with Crippen LogP contribution in [0.4, 0.5) is 38.1 Å². The van der Waals surface area contributed by atoms with Gasteiger partial charge in [0.1, 0.15) is 11.6 Å². The van der Waals surface area contributed by atoms with Gasteiger partial charge in [-0.2, -0.15) is 18.2 Å². The Kier molecular flexibility index (Phi) is 8.73. The summed E-state index contributed by atoms with van der Waals surface area (Å²) in [6.45, 7) is -0.104. The van der Waals surface area contributed by atoms with E-state index in [-0.39, 0.29) is 52.7 Å². The number of alkyl halides is 6. The summed E-state index contributed by atoms with van der Waals surface area (Å²) < 4.78 is 82.9. The molecule has 212 valence electrons. The summed E-state index contributed by atoms with van der Waals surface area (Å²) in [5.41, 5.74) is 12.0. The van der Waals surface area contributed by atoms with Gasteiger partial charge >= 0.3 is 12.5 Å². The van der Waals surface area contributed by atoms with Gasteiger partial charge in [-0.05, 0) is 56.2 Å². The van der Waals surface area contributed by atoms with Crippen molar-refractivity contribution < 1.29 is 31.1 Å². The molecular weight excluding hydrogens is 536 g/mol. The second-order valence-electron chi connectivity index (χ2n) is 9.54. The zero-order chi connectivity index (χ0) is 28.9. The predicted molar refractivity (Wildman–Crippen MR) is 138 cm³/mol. The highest BCUT2D eigenvalue weighted by molar-refractivity contribution is 5.59. The van der Waals surface area contributed by atoms with Crippen molar-refractivity contribution in [2.75, 3.05) is 11.1 Å². The van der Waals surface area contributed by atoms with E-state index in [0.717, 1.165) is 31.7 Å². The molecule has 2 aromatic carbocycles. The molecule has 40 heavy (non-hydrogen) atoms. The molecule has 0 spiro atoms. The van der Waals surface area contributed by atoms with Crippen LogP contribution in [-0.2, 0) is 19.1 Å². The molecule has 1 aliphatic rings. The van der Waals surface area contributed by atoms with E-state index >= 15 is 0 Å². The van der Waals surface area contributed by atoms with Crippen LogP contribution in [0, 0.1) is 17.8 Å². The number of benzene rings is 2. The molecule has 3 aromatic rings. The molecule has 0 saturated heterocycles. The minimum Gasteiger partial charge on any atom is -0.405 e. The lowest BCUT2D eigenvalue weighted by atomic mass is 9.83. The number of rotatable bonds is 6. The summed E-state index contributed by atoms with van der Waals surface area (Å²) in [5.74, 6) is 5.13. The third-order valence-electron chi connectivity index (χ3n) is 6.58. The second-order valence-corrected chi connectivity index (χ2v) is 9.54. The molecule has 0 radical (unpaired) electrons. The number of halogens is 6. The quantitative estimate of drug-likeness (QED) is 0.250. The summed E-state index contributed by atoms with van der Waals surface area (Å²) in [4.78, 5) is 8.72. The fourth-order valence-electron chi connectivity index (χ4n) is 4.57. The first-order valence-electron chi connectivity index (χ1n) is 12.6. The molecule has 1 saturated carbocycles. The number of nitrogens with one attached hydrogen (secondary N) is 1. The average Bonchev–Trinajstić information content (AvgIpc) is 2.88. The first-order valence-corrected chi connectivity index (χ1v) is 12.6. The maximum atomic E-state index is 13.5. The number of ether oxygens (including phenoxy) is 1. The van der Waals surface area contributed by atoms with E-state index in [9.17, 15) is 26.3 Å². The third kappa shape index (κ3) is 7.79. The minimum absolute atomic E-state index is 0.0445. The van der Waals surface area contributed by atoms with Crippen LogP contribution in [0.25, 0.3) is 0 Å². The standard InChI is InChI=1S/C28H27F6N5O/c29-27(30,31)22-7-3-1-5-18(22)11-14-21-23(15-17-9-12-20(35)13-10-17)38-26(39-25(21)36)37-16-19-6-2-4-8-24(19)40-28(32,33)34/h1-8,17,20H,9-10,12-13,15-16,35H2,(H3,36,37,38,39). The van der Waals surface area contributed by atoms with Gasteiger partial charge < -0.3 is 21.5 Å². The molecule has 0 unspecified atom stereocenters. The van der Waals surface area contributed by atoms with Crippen LogP contribution in [0.15, 0.2) is 48.5 Å². The number of anilines is 2. The lowest BCUT2D eigenvalue weighted by molar-refractivity contribution is -0.274. The van der Waals surface area contributed by atoms with Gasteiger partial charge in [0.05, 0.1) is 16.8 Å². The monoisotopic (exact) mass is 563 g/mol. The molecular formula is C28H27F6N5O. The van der Waals surface area contributed by atoms with E-state index in [0.29, 0.717) is 12.1 Å². The van der Waals surface area contributed by atoms with Crippen molar-refractivity contribution in [1.29, 1.82) is 0 Å². The highest BCUT2D eigenvalue weighted by Gasteiger charge is 2.33. The number of hydrogen-bond acceptors (Lipinski definition) is 6. The van der Waals surface area contributed by atoms with Crippen molar-refractivity contribution in [2.24, 2.45) is 11.7 Å². The SMILES string of the molecule is Nc1nc(NCc2ccccc2OC(F)(F)F)nc(CC2CCC(N)CC2)c1C#Cc1ccccc1C(F)(F)F. The first kappa shape index (κ1) is 29.0. The molecule has 1 aliphatic carbocycles. The van der Waals surface area contributed by atoms with Crippen molar-refractivity contribution in [3.63, 3.8) is 0 Å². The lowest BCUT2D eigenvalue weighted by Crippen LogP contribution is -2.27. The first-order chi connectivity index (χ1) is 18.9. The Labute approximate surface area is 227 Å². The average molecular weight is 564 g/mol. The van der Waals surface area contributed by atoms with E-state index in [2.05, 4.69) is 31.9 Å². The van der Waals surface area contributed by atoms with Crippen molar-refractivity contribution in [1.82, 2.24) is 9.97 Å². The predicted octanol–water partition coefficient (Wildman–Crippen LogP) is 6.05. The Hall–Kier alpha value is -3.98. The van der Waals surface area contributed by atoms with Crippen LogP contribution in [0.3, 0.4) is 0 Å². The van der Waals surface area contributed by atoms with E-state index in [4.69, 9.17) is 11.5 Å². The molecule has 12 heteroatoms. The number of aromatic nitrogens is 2. The lowest BCUT2D eigenvalue weighted by Gasteiger charge is -2.26.